The van der Waals surface area contributed by atoms with E-state index in [0.29, 0.717) is 43.0 Å². The van der Waals surface area contributed by atoms with Crippen LogP contribution in [0.3, 0.4) is 0 Å². The first kappa shape index (κ1) is 26.3. The minimum atomic E-state index is -2.89. The minimum Gasteiger partial charge on any atom is -0.444 e. The second-order valence-electron chi connectivity index (χ2n) is 10.3. The van der Waals surface area contributed by atoms with Crippen LogP contribution in [0.1, 0.15) is 56.7 Å². The van der Waals surface area contributed by atoms with Gasteiger partial charge in [0.25, 0.3) is 11.4 Å². The van der Waals surface area contributed by atoms with Crippen molar-refractivity contribution in [3.8, 4) is 17.2 Å². The Balaban J connectivity index is 1.32. The summed E-state index contributed by atoms with van der Waals surface area (Å²) < 4.78 is 42.1. The molecule has 0 saturated carbocycles. The zero-order chi connectivity index (χ0) is 27.7. The number of hydrogen-bond donors (Lipinski definition) is 1. The number of H-pyrrole nitrogens is 1. The average molecular weight is 543 g/mol. The Hall–Kier alpha value is -4.29. The summed E-state index contributed by atoms with van der Waals surface area (Å²) in [5.41, 5.74) is 1.54. The first-order valence-electron chi connectivity index (χ1n) is 12.5. The lowest BCUT2D eigenvalue weighted by molar-refractivity contribution is -0.0498. The molecule has 3 aromatic heterocycles. The highest BCUT2D eigenvalue weighted by Gasteiger charge is 2.29. The molecule has 0 radical (unpaired) electrons. The normalized spacial score (nSPS) is 14.8. The van der Waals surface area contributed by atoms with Crippen molar-refractivity contribution in [3.63, 3.8) is 0 Å². The third kappa shape index (κ3) is 6.07. The Bertz CT molecular complexity index is 1510. The first-order chi connectivity index (χ1) is 18.6. The molecule has 1 amide bonds. The number of amides is 1. The van der Waals surface area contributed by atoms with Gasteiger partial charge < -0.3 is 23.8 Å². The van der Waals surface area contributed by atoms with E-state index in [1.165, 1.54) is 18.2 Å². The van der Waals surface area contributed by atoms with Crippen LogP contribution in [0.4, 0.5) is 13.6 Å². The van der Waals surface area contributed by atoms with Crippen molar-refractivity contribution in [2.24, 2.45) is 0 Å². The van der Waals surface area contributed by atoms with Crippen LogP contribution in [0.15, 0.2) is 45.7 Å². The van der Waals surface area contributed by atoms with Gasteiger partial charge in [-0.05, 0) is 51.3 Å². The fourth-order valence-electron chi connectivity index (χ4n) is 4.54. The van der Waals surface area contributed by atoms with Gasteiger partial charge in [0.15, 0.2) is 0 Å². The number of ether oxygens (including phenoxy) is 2. The van der Waals surface area contributed by atoms with Crippen LogP contribution in [0.25, 0.3) is 17.1 Å². The molecule has 39 heavy (non-hydrogen) atoms. The number of nitrogens with zero attached hydrogens (tertiary/aromatic N) is 5. The maximum absolute atomic E-state index is 12.6. The molecular formula is C26H28F2N6O5. The summed E-state index contributed by atoms with van der Waals surface area (Å²) in [5, 5.41) is 12.7. The molecule has 0 spiro atoms. The number of aromatic nitrogens is 5. The standard InChI is InChI=1S/C26H28F2N6O5/c1-26(2,3)39-25(36)33-10-8-16(9-11-33)19-13-20(35)30-22-18(14-29-34(19)22)23-32-31-21(38-23)12-15-4-6-17(7-5-15)37-24(27)28/h4-7,13-14,16,24H,8-12H2,1-3H3,(H,30,35). The van der Waals surface area contributed by atoms with E-state index in [9.17, 15) is 18.4 Å². The van der Waals surface area contributed by atoms with Gasteiger partial charge in [0.2, 0.25) is 5.89 Å². The fourth-order valence-corrected chi connectivity index (χ4v) is 4.54. The van der Waals surface area contributed by atoms with Crippen LogP contribution in [0, 0.1) is 0 Å². The van der Waals surface area contributed by atoms with Crippen LogP contribution in [-0.2, 0) is 11.2 Å². The van der Waals surface area contributed by atoms with Crippen LogP contribution >= 0.6 is 0 Å². The molecule has 5 rings (SSSR count). The smallest absolute Gasteiger partial charge is 0.410 e. The average Bonchev–Trinajstić information content (AvgIpc) is 3.50. The quantitative estimate of drug-likeness (QED) is 0.380. The Kier molecular flexibility index (Phi) is 7.06. The molecule has 4 aromatic rings. The van der Waals surface area contributed by atoms with E-state index in [1.54, 1.807) is 27.7 Å². The summed E-state index contributed by atoms with van der Waals surface area (Å²) in [5.74, 6) is 0.559. The van der Waals surface area contributed by atoms with Gasteiger partial charge in [-0.25, -0.2) is 9.31 Å². The summed E-state index contributed by atoms with van der Waals surface area (Å²) >= 11 is 0. The van der Waals surface area contributed by atoms with Crippen molar-refractivity contribution in [1.82, 2.24) is 29.7 Å². The van der Waals surface area contributed by atoms with Crippen molar-refractivity contribution in [2.45, 2.75) is 58.2 Å². The van der Waals surface area contributed by atoms with E-state index in [-0.39, 0.29) is 35.6 Å². The maximum Gasteiger partial charge on any atom is 0.410 e. The number of carbonyl (C=O) groups is 1. The van der Waals surface area contributed by atoms with Gasteiger partial charge in [-0.15, -0.1) is 10.2 Å². The van der Waals surface area contributed by atoms with E-state index >= 15 is 0 Å². The zero-order valence-corrected chi connectivity index (χ0v) is 21.7. The van der Waals surface area contributed by atoms with Crippen molar-refractivity contribution >= 4 is 11.7 Å². The molecule has 1 fully saturated rings. The third-order valence-electron chi connectivity index (χ3n) is 6.30. The largest absolute Gasteiger partial charge is 0.444 e. The summed E-state index contributed by atoms with van der Waals surface area (Å²) in [6.07, 6.45) is 2.79. The second-order valence-corrected chi connectivity index (χ2v) is 10.3. The van der Waals surface area contributed by atoms with Gasteiger partial charge in [0.05, 0.1) is 18.3 Å². The molecule has 0 unspecified atom stereocenters. The molecule has 1 saturated heterocycles. The van der Waals surface area contributed by atoms with Gasteiger partial charge in [-0.2, -0.15) is 13.9 Å². The summed E-state index contributed by atoms with van der Waals surface area (Å²) in [6, 6.07) is 7.67. The van der Waals surface area contributed by atoms with Crippen LogP contribution in [-0.4, -0.2) is 61.1 Å². The topological polar surface area (TPSA) is 128 Å². The number of carbonyl (C=O) groups excluding carboxylic acids is 1. The number of alkyl halides is 2. The number of halogens is 2. The van der Waals surface area contributed by atoms with Gasteiger partial charge in [0, 0.05) is 25.1 Å². The van der Waals surface area contributed by atoms with Gasteiger partial charge in [0.1, 0.15) is 22.6 Å². The number of rotatable bonds is 6. The fraction of sp³-hybridized carbons (Fsp3) is 0.423. The maximum atomic E-state index is 12.6. The highest BCUT2D eigenvalue weighted by molar-refractivity contribution is 5.71. The predicted molar refractivity (Wildman–Crippen MR) is 135 cm³/mol. The summed E-state index contributed by atoms with van der Waals surface area (Å²) in [6.45, 7) is 3.61. The number of likely N-dealkylation sites (tertiary alicyclic amines) is 1. The van der Waals surface area contributed by atoms with Gasteiger partial charge in [-0.3, -0.25) is 4.79 Å². The lowest BCUT2D eigenvalue weighted by Crippen LogP contribution is -2.41. The third-order valence-corrected chi connectivity index (χ3v) is 6.30. The number of fused-ring (bicyclic) bond motifs is 1. The van der Waals surface area contributed by atoms with Crippen molar-refractivity contribution in [2.75, 3.05) is 13.1 Å². The number of nitrogens with one attached hydrogen (secondary N) is 1. The van der Waals surface area contributed by atoms with Crippen LogP contribution in [0.2, 0.25) is 0 Å². The number of piperidine rings is 1. The molecule has 0 aliphatic carbocycles. The first-order valence-corrected chi connectivity index (χ1v) is 12.5. The van der Waals surface area contributed by atoms with E-state index in [0.717, 1.165) is 11.3 Å². The van der Waals surface area contributed by atoms with Crippen molar-refractivity contribution < 1.29 is 27.5 Å². The molecule has 1 N–H and O–H groups in total. The van der Waals surface area contributed by atoms with Gasteiger partial charge in [-0.1, -0.05) is 12.1 Å². The summed E-state index contributed by atoms with van der Waals surface area (Å²) in [7, 11) is 0. The highest BCUT2D eigenvalue weighted by atomic mass is 19.3. The zero-order valence-electron chi connectivity index (χ0n) is 21.7. The van der Waals surface area contributed by atoms with E-state index in [4.69, 9.17) is 9.15 Å². The molecule has 4 heterocycles. The molecule has 11 nitrogen and oxygen atoms in total. The molecule has 1 aromatic carbocycles. The van der Waals surface area contributed by atoms with Crippen molar-refractivity contribution in [1.29, 1.82) is 0 Å². The Morgan fingerprint density at radius 2 is 1.90 bits per heavy atom. The molecule has 206 valence electrons. The lowest BCUT2D eigenvalue weighted by Gasteiger charge is -2.33. The minimum absolute atomic E-state index is 0.0107. The SMILES string of the molecule is CC(C)(C)OC(=O)N1CCC(c2cc(=O)[nH]c3c(-c4nnc(Cc5ccc(OC(F)F)cc5)o4)cnn23)CC1. The number of hydrogen-bond acceptors (Lipinski definition) is 8. The molecule has 1 aliphatic heterocycles. The van der Waals surface area contributed by atoms with Crippen molar-refractivity contribution in [3.05, 3.63) is 64.0 Å². The predicted octanol–water partition coefficient (Wildman–Crippen LogP) is 4.38. The summed E-state index contributed by atoms with van der Waals surface area (Å²) in [4.78, 5) is 29.5. The molecule has 1 aliphatic rings. The molecule has 0 bridgehead atoms. The highest BCUT2D eigenvalue weighted by Crippen LogP contribution is 2.30. The van der Waals surface area contributed by atoms with E-state index in [2.05, 4.69) is 25.0 Å². The van der Waals surface area contributed by atoms with E-state index in [1.807, 2.05) is 20.8 Å². The molecule has 0 atom stereocenters. The van der Waals surface area contributed by atoms with Gasteiger partial charge >= 0.3 is 12.7 Å². The molecular weight excluding hydrogens is 514 g/mol. The Morgan fingerprint density at radius 3 is 2.56 bits per heavy atom. The monoisotopic (exact) mass is 542 g/mol. The van der Waals surface area contributed by atoms with E-state index < -0.39 is 12.2 Å². The molecule has 13 heteroatoms. The number of aromatic amines is 1. The van der Waals surface area contributed by atoms with Crippen LogP contribution in [0.5, 0.6) is 5.75 Å². The second kappa shape index (κ2) is 10.5. The number of benzene rings is 1. The Labute approximate surface area is 221 Å². The Morgan fingerprint density at radius 1 is 1.18 bits per heavy atom. The van der Waals surface area contributed by atoms with Crippen LogP contribution < -0.4 is 10.3 Å². The lowest BCUT2D eigenvalue weighted by atomic mass is 9.93.